The van der Waals surface area contributed by atoms with Crippen molar-refractivity contribution in [1.29, 1.82) is 0 Å². The van der Waals surface area contributed by atoms with Crippen LogP contribution in [0.25, 0.3) is 0 Å². The summed E-state index contributed by atoms with van der Waals surface area (Å²) in [6.07, 6.45) is 0. The molecule has 0 unspecified atom stereocenters. The number of hydrogen-bond donors (Lipinski definition) is 0. The standard InChI is InChI=1S/C17H10BrNO2/c18-14-10-4-9-13-15(14)19(17(21)16(13)20)11-5-8-12-6-2-1-3-7-12/h1-4,6-7,9-10H,11H2. The van der Waals surface area contributed by atoms with E-state index >= 15 is 0 Å². The van der Waals surface area contributed by atoms with Crippen molar-refractivity contribution < 1.29 is 9.59 Å². The van der Waals surface area contributed by atoms with E-state index in [0.717, 1.165) is 10.0 Å². The first kappa shape index (κ1) is 13.6. The molecule has 2 aromatic carbocycles. The number of amides is 1. The molecule has 1 heterocycles. The Morgan fingerprint density at radius 1 is 1.00 bits per heavy atom. The summed E-state index contributed by atoms with van der Waals surface area (Å²) in [6.45, 7) is 0.190. The van der Waals surface area contributed by atoms with Gasteiger partial charge in [-0.2, -0.15) is 0 Å². The molecular weight excluding hydrogens is 330 g/mol. The third kappa shape index (κ3) is 2.48. The number of hydrogen-bond acceptors (Lipinski definition) is 2. The number of para-hydroxylation sites is 1. The van der Waals surface area contributed by atoms with Gasteiger partial charge in [0.1, 0.15) is 0 Å². The van der Waals surface area contributed by atoms with E-state index in [-0.39, 0.29) is 6.54 Å². The Morgan fingerprint density at radius 3 is 2.52 bits per heavy atom. The topological polar surface area (TPSA) is 37.4 Å². The molecule has 0 saturated heterocycles. The molecule has 3 nitrogen and oxygen atoms in total. The predicted molar refractivity (Wildman–Crippen MR) is 84.1 cm³/mol. The second-order valence-electron chi connectivity index (χ2n) is 4.52. The molecule has 102 valence electrons. The number of Topliss-reactive ketones (excluding diaryl/α,β-unsaturated/α-hetero) is 1. The van der Waals surface area contributed by atoms with Gasteiger partial charge in [-0.25, -0.2) is 0 Å². The van der Waals surface area contributed by atoms with Crippen LogP contribution in [-0.4, -0.2) is 18.2 Å². The lowest BCUT2D eigenvalue weighted by Crippen LogP contribution is -2.30. The molecule has 0 radical (unpaired) electrons. The van der Waals surface area contributed by atoms with Crippen LogP contribution in [0.15, 0.2) is 53.0 Å². The Morgan fingerprint density at radius 2 is 1.76 bits per heavy atom. The number of carbonyl (C=O) groups excluding carboxylic acids is 2. The maximum atomic E-state index is 12.0. The van der Waals surface area contributed by atoms with Crippen LogP contribution in [0.3, 0.4) is 0 Å². The lowest BCUT2D eigenvalue weighted by atomic mass is 10.1. The normalized spacial score (nSPS) is 12.9. The fourth-order valence-electron chi connectivity index (χ4n) is 2.21. The quantitative estimate of drug-likeness (QED) is 0.591. The third-order valence-corrected chi connectivity index (χ3v) is 3.82. The van der Waals surface area contributed by atoms with Crippen molar-refractivity contribution in [2.75, 3.05) is 11.4 Å². The van der Waals surface area contributed by atoms with Gasteiger partial charge in [0.2, 0.25) is 0 Å². The van der Waals surface area contributed by atoms with E-state index in [1.165, 1.54) is 4.90 Å². The van der Waals surface area contributed by atoms with Crippen molar-refractivity contribution in [3.05, 3.63) is 64.1 Å². The van der Waals surface area contributed by atoms with Crippen molar-refractivity contribution >= 4 is 33.3 Å². The van der Waals surface area contributed by atoms with Crippen LogP contribution in [0, 0.1) is 11.8 Å². The van der Waals surface area contributed by atoms with E-state index in [2.05, 4.69) is 27.8 Å². The summed E-state index contributed by atoms with van der Waals surface area (Å²) in [4.78, 5) is 25.4. The molecule has 4 heteroatoms. The van der Waals surface area contributed by atoms with Crippen molar-refractivity contribution in [2.45, 2.75) is 0 Å². The summed E-state index contributed by atoms with van der Waals surface area (Å²) >= 11 is 3.39. The highest BCUT2D eigenvalue weighted by atomic mass is 79.9. The maximum Gasteiger partial charge on any atom is 0.300 e. The van der Waals surface area contributed by atoms with E-state index < -0.39 is 11.7 Å². The first-order chi connectivity index (χ1) is 10.2. The monoisotopic (exact) mass is 339 g/mol. The van der Waals surface area contributed by atoms with Gasteiger partial charge in [0.15, 0.2) is 0 Å². The number of fused-ring (bicyclic) bond motifs is 1. The molecule has 3 rings (SSSR count). The second-order valence-corrected chi connectivity index (χ2v) is 5.38. The van der Waals surface area contributed by atoms with Gasteiger partial charge in [-0.15, -0.1) is 0 Å². The molecule has 1 aliphatic heterocycles. The lowest BCUT2D eigenvalue weighted by molar-refractivity contribution is -0.114. The highest BCUT2D eigenvalue weighted by Crippen LogP contribution is 2.35. The Bertz CT molecular complexity index is 787. The molecule has 1 amide bonds. The van der Waals surface area contributed by atoms with Gasteiger partial charge >= 0.3 is 0 Å². The van der Waals surface area contributed by atoms with E-state index in [1.54, 1.807) is 12.1 Å². The van der Waals surface area contributed by atoms with Gasteiger partial charge in [0, 0.05) is 10.0 Å². The molecule has 0 N–H and O–H groups in total. The first-order valence-corrected chi connectivity index (χ1v) is 7.16. The van der Waals surface area contributed by atoms with Crippen molar-refractivity contribution in [3.63, 3.8) is 0 Å². The van der Waals surface area contributed by atoms with Gasteiger partial charge in [-0.1, -0.05) is 36.1 Å². The SMILES string of the molecule is O=C1C(=O)N(CC#Cc2ccccc2)c2c(Br)cccc21. The van der Waals surface area contributed by atoms with Gasteiger partial charge < -0.3 is 0 Å². The molecule has 0 aromatic heterocycles. The Kier molecular flexibility index (Phi) is 3.59. The smallest absolute Gasteiger partial charge is 0.292 e. The van der Waals surface area contributed by atoms with E-state index in [9.17, 15) is 9.59 Å². The minimum Gasteiger partial charge on any atom is -0.292 e. The van der Waals surface area contributed by atoms with Crippen LogP contribution in [0.5, 0.6) is 0 Å². The van der Waals surface area contributed by atoms with Crippen LogP contribution < -0.4 is 4.90 Å². The Balaban J connectivity index is 1.90. The molecule has 0 bridgehead atoms. The number of anilines is 1. The van der Waals surface area contributed by atoms with Gasteiger partial charge in [0.05, 0.1) is 17.8 Å². The van der Waals surface area contributed by atoms with E-state index in [4.69, 9.17) is 0 Å². The summed E-state index contributed by atoms with van der Waals surface area (Å²) in [5, 5.41) is 0. The zero-order valence-corrected chi connectivity index (χ0v) is 12.6. The molecule has 0 saturated carbocycles. The number of ketones is 1. The van der Waals surface area contributed by atoms with Crippen molar-refractivity contribution in [1.82, 2.24) is 0 Å². The molecule has 0 atom stereocenters. The van der Waals surface area contributed by atoms with Gasteiger partial charge in [-0.05, 0) is 40.2 Å². The molecule has 0 spiro atoms. The fraction of sp³-hybridized carbons (Fsp3) is 0.0588. The zero-order chi connectivity index (χ0) is 14.8. The fourth-order valence-corrected chi connectivity index (χ4v) is 2.79. The summed E-state index contributed by atoms with van der Waals surface area (Å²) in [5.74, 6) is 4.92. The minimum atomic E-state index is -0.528. The Labute approximate surface area is 130 Å². The van der Waals surface area contributed by atoms with Crippen LogP contribution in [0.4, 0.5) is 5.69 Å². The second kappa shape index (κ2) is 5.55. The number of nitrogens with zero attached hydrogens (tertiary/aromatic N) is 1. The van der Waals surface area contributed by atoms with Gasteiger partial charge in [0.25, 0.3) is 11.7 Å². The highest BCUT2D eigenvalue weighted by Gasteiger charge is 2.36. The molecule has 21 heavy (non-hydrogen) atoms. The maximum absolute atomic E-state index is 12.0. The minimum absolute atomic E-state index is 0.190. The summed E-state index contributed by atoms with van der Waals surface area (Å²) in [6, 6.07) is 14.7. The Hall–Kier alpha value is -2.38. The van der Waals surface area contributed by atoms with Crippen molar-refractivity contribution in [3.8, 4) is 11.8 Å². The molecular formula is C17H10BrNO2. The largest absolute Gasteiger partial charge is 0.300 e. The molecule has 0 aliphatic carbocycles. The van der Waals surface area contributed by atoms with Gasteiger partial charge in [-0.3, -0.25) is 14.5 Å². The first-order valence-electron chi connectivity index (χ1n) is 6.37. The third-order valence-electron chi connectivity index (χ3n) is 3.18. The molecule has 1 aliphatic rings. The number of halogens is 1. The molecule has 0 fully saturated rings. The van der Waals surface area contributed by atoms with Crippen LogP contribution >= 0.6 is 15.9 Å². The molecule has 2 aromatic rings. The summed E-state index contributed by atoms with van der Waals surface area (Å²) in [7, 11) is 0. The van der Waals surface area contributed by atoms with Crippen LogP contribution in [0.1, 0.15) is 15.9 Å². The number of carbonyl (C=O) groups is 2. The zero-order valence-electron chi connectivity index (χ0n) is 11.0. The van der Waals surface area contributed by atoms with Crippen LogP contribution in [-0.2, 0) is 4.79 Å². The number of benzene rings is 2. The lowest BCUT2D eigenvalue weighted by Gasteiger charge is -2.14. The number of rotatable bonds is 1. The summed E-state index contributed by atoms with van der Waals surface area (Å²) < 4.78 is 0.723. The van der Waals surface area contributed by atoms with Crippen LogP contribution in [0.2, 0.25) is 0 Å². The predicted octanol–water partition coefficient (Wildman–Crippen LogP) is 3.03. The summed E-state index contributed by atoms with van der Waals surface area (Å²) in [5.41, 5.74) is 1.91. The average molecular weight is 340 g/mol. The van der Waals surface area contributed by atoms with E-state index in [0.29, 0.717) is 11.3 Å². The van der Waals surface area contributed by atoms with E-state index in [1.807, 2.05) is 36.4 Å². The van der Waals surface area contributed by atoms with Crippen molar-refractivity contribution in [2.24, 2.45) is 0 Å². The average Bonchev–Trinajstić information content (AvgIpc) is 2.75. The highest BCUT2D eigenvalue weighted by molar-refractivity contribution is 9.10.